The number of hydrogen-bond donors (Lipinski definition) is 1. The fraction of sp³-hybridized carbons (Fsp3) is 0.0714. The van der Waals surface area contributed by atoms with Crippen LogP contribution in [0.3, 0.4) is 0 Å². The standard InChI is InChI=1S/C14H10F2N4O/c15-9-4-3-5-10(16)14(9)17-13(21)8-20-12-7-2-1-6-11(12)18-19-20/h1-7H,8H2,(H,17,21). The van der Waals surface area contributed by atoms with E-state index in [2.05, 4.69) is 15.6 Å². The number of carbonyl (C=O) groups is 1. The zero-order valence-corrected chi connectivity index (χ0v) is 10.8. The molecule has 3 aromatic rings. The molecule has 1 N–H and O–H groups in total. The van der Waals surface area contributed by atoms with Crippen LogP contribution in [0.4, 0.5) is 14.5 Å². The Labute approximate surface area is 118 Å². The van der Waals surface area contributed by atoms with Crippen LogP contribution in [-0.2, 0) is 11.3 Å². The Morgan fingerprint density at radius 1 is 1.10 bits per heavy atom. The minimum absolute atomic E-state index is 0.186. The molecule has 0 spiro atoms. The normalized spacial score (nSPS) is 10.8. The summed E-state index contributed by atoms with van der Waals surface area (Å²) < 4.78 is 28.3. The summed E-state index contributed by atoms with van der Waals surface area (Å²) in [4.78, 5) is 11.9. The number of rotatable bonds is 3. The zero-order chi connectivity index (χ0) is 14.8. The van der Waals surface area contributed by atoms with Gasteiger partial charge in [0.15, 0.2) is 0 Å². The van der Waals surface area contributed by atoms with Gasteiger partial charge >= 0.3 is 0 Å². The molecule has 1 heterocycles. The summed E-state index contributed by atoms with van der Waals surface area (Å²) in [6, 6.07) is 10.5. The maximum Gasteiger partial charge on any atom is 0.246 e. The Bertz CT molecular complexity index is 795. The summed E-state index contributed by atoms with van der Waals surface area (Å²) in [5, 5.41) is 9.94. The fourth-order valence-electron chi connectivity index (χ4n) is 1.97. The Morgan fingerprint density at radius 2 is 1.81 bits per heavy atom. The van der Waals surface area contributed by atoms with Crippen molar-refractivity contribution in [1.29, 1.82) is 0 Å². The van der Waals surface area contributed by atoms with Crippen LogP contribution in [0.1, 0.15) is 0 Å². The van der Waals surface area contributed by atoms with Crippen LogP contribution in [-0.4, -0.2) is 20.9 Å². The van der Waals surface area contributed by atoms with E-state index in [0.29, 0.717) is 11.0 Å². The maximum atomic E-state index is 13.5. The molecule has 2 aromatic carbocycles. The predicted molar refractivity (Wildman–Crippen MR) is 72.5 cm³/mol. The molecule has 0 saturated carbocycles. The third-order valence-corrected chi connectivity index (χ3v) is 2.94. The summed E-state index contributed by atoms with van der Waals surface area (Å²) in [7, 11) is 0. The summed E-state index contributed by atoms with van der Waals surface area (Å²) in [6.07, 6.45) is 0. The second-order valence-corrected chi connectivity index (χ2v) is 4.38. The predicted octanol–water partition coefficient (Wildman–Crippen LogP) is 2.35. The van der Waals surface area contributed by atoms with Gasteiger partial charge in [0.2, 0.25) is 5.91 Å². The number of nitrogens with one attached hydrogen (secondary N) is 1. The van der Waals surface area contributed by atoms with Crippen LogP contribution in [0, 0.1) is 11.6 Å². The number of hydrogen-bond acceptors (Lipinski definition) is 3. The van der Waals surface area contributed by atoms with Gasteiger partial charge in [-0.3, -0.25) is 4.79 Å². The van der Waals surface area contributed by atoms with Crippen molar-refractivity contribution in [2.24, 2.45) is 0 Å². The molecular formula is C14H10F2N4O. The number of aromatic nitrogens is 3. The van der Waals surface area contributed by atoms with Crippen molar-refractivity contribution in [3.8, 4) is 0 Å². The van der Waals surface area contributed by atoms with E-state index < -0.39 is 23.2 Å². The van der Waals surface area contributed by atoms with Crippen molar-refractivity contribution in [3.63, 3.8) is 0 Å². The maximum absolute atomic E-state index is 13.5. The van der Waals surface area contributed by atoms with Gasteiger partial charge in [-0.15, -0.1) is 5.10 Å². The smallest absolute Gasteiger partial charge is 0.246 e. The first kappa shape index (κ1) is 13.2. The second-order valence-electron chi connectivity index (χ2n) is 4.38. The van der Waals surface area contributed by atoms with Crippen molar-refractivity contribution in [3.05, 3.63) is 54.1 Å². The molecule has 0 radical (unpaired) electrons. The first-order valence-electron chi connectivity index (χ1n) is 6.17. The molecule has 106 valence electrons. The molecule has 0 atom stereocenters. The first-order valence-corrected chi connectivity index (χ1v) is 6.17. The summed E-state index contributed by atoms with van der Waals surface area (Å²) in [6.45, 7) is -0.186. The highest BCUT2D eigenvalue weighted by Gasteiger charge is 2.13. The van der Waals surface area contributed by atoms with Crippen molar-refractivity contribution < 1.29 is 13.6 Å². The summed E-state index contributed by atoms with van der Waals surface area (Å²) in [5.74, 6) is -2.24. The molecule has 0 bridgehead atoms. The van der Waals surface area contributed by atoms with Gasteiger partial charge in [0, 0.05) is 0 Å². The number of benzene rings is 2. The highest BCUT2D eigenvalue weighted by atomic mass is 19.1. The van der Waals surface area contributed by atoms with Gasteiger partial charge in [-0.25, -0.2) is 13.5 Å². The quantitative estimate of drug-likeness (QED) is 0.804. The van der Waals surface area contributed by atoms with Gasteiger partial charge in [-0.05, 0) is 24.3 Å². The van der Waals surface area contributed by atoms with E-state index in [1.165, 1.54) is 10.7 Å². The number of nitrogens with zero attached hydrogens (tertiary/aromatic N) is 3. The Morgan fingerprint density at radius 3 is 2.57 bits per heavy atom. The molecule has 1 aromatic heterocycles. The highest BCUT2D eigenvalue weighted by molar-refractivity contribution is 5.91. The Balaban J connectivity index is 1.81. The van der Waals surface area contributed by atoms with E-state index in [0.717, 1.165) is 12.1 Å². The number of para-hydroxylation sites is 2. The van der Waals surface area contributed by atoms with Crippen LogP contribution in [0.15, 0.2) is 42.5 Å². The van der Waals surface area contributed by atoms with Crippen molar-refractivity contribution in [2.45, 2.75) is 6.54 Å². The molecule has 0 unspecified atom stereocenters. The van der Waals surface area contributed by atoms with E-state index in [-0.39, 0.29) is 6.54 Å². The molecule has 21 heavy (non-hydrogen) atoms. The topological polar surface area (TPSA) is 59.8 Å². The summed E-state index contributed by atoms with van der Waals surface area (Å²) >= 11 is 0. The van der Waals surface area contributed by atoms with E-state index >= 15 is 0 Å². The fourth-order valence-corrected chi connectivity index (χ4v) is 1.97. The third kappa shape index (κ3) is 2.58. The lowest BCUT2D eigenvalue weighted by molar-refractivity contribution is -0.116. The van der Waals surface area contributed by atoms with Gasteiger partial charge < -0.3 is 5.32 Å². The average molecular weight is 288 g/mol. The molecule has 0 saturated heterocycles. The molecule has 3 rings (SSSR count). The Kier molecular flexibility index (Phi) is 3.31. The van der Waals surface area contributed by atoms with Crippen LogP contribution in [0.2, 0.25) is 0 Å². The average Bonchev–Trinajstić information content (AvgIpc) is 2.87. The number of halogens is 2. The summed E-state index contributed by atoms with van der Waals surface area (Å²) in [5.41, 5.74) is 0.843. The SMILES string of the molecule is O=C(Cn1nnc2ccccc21)Nc1c(F)cccc1F. The minimum atomic E-state index is -0.827. The van der Waals surface area contributed by atoms with Crippen LogP contribution < -0.4 is 5.32 Å². The van der Waals surface area contributed by atoms with E-state index in [9.17, 15) is 13.6 Å². The molecule has 0 aliphatic heterocycles. The van der Waals surface area contributed by atoms with Crippen LogP contribution in [0.5, 0.6) is 0 Å². The number of fused-ring (bicyclic) bond motifs is 1. The lowest BCUT2D eigenvalue weighted by atomic mass is 10.3. The second kappa shape index (κ2) is 5.28. The molecule has 0 aliphatic rings. The highest BCUT2D eigenvalue weighted by Crippen LogP contribution is 2.18. The number of anilines is 1. The number of amides is 1. The van der Waals surface area contributed by atoms with Crippen molar-refractivity contribution in [2.75, 3.05) is 5.32 Å². The van der Waals surface area contributed by atoms with Crippen LogP contribution >= 0.6 is 0 Å². The first-order chi connectivity index (χ1) is 10.1. The molecular weight excluding hydrogens is 278 g/mol. The minimum Gasteiger partial charge on any atom is -0.320 e. The van der Waals surface area contributed by atoms with E-state index in [1.807, 2.05) is 0 Å². The van der Waals surface area contributed by atoms with Crippen LogP contribution in [0.25, 0.3) is 11.0 Å². The van der Waals surface area contributed by atoms with Gasteiger partial charge in [0.25, 0.3) is 0 Å². The van der Waals surface area contributed by atoms with E-state index in [4.69, 9.17) is 0 Å². The van der Waals surface area contributed by atoms with Crippen molar-refractivity contribution >= 4 is 22.6 Å². The van der Waals surface area contributed by atoms with Gasteiger partial charge in [-0.2, -0.15) is 0 Å². The van der Waals surface area contributed by atoms with Gasteiger partial charge in [-0.1, -0.05) is 23.4 Å². The number of carbonyl (C=O) groups excluding carboxylic acids is 1. The van der Waals surface area contributed by atoms with E-state index in [1.54, 1.807) is 24.3 Å². The van der Waals surface area contributed by atoms with Gasteiger partial charge in [0.1, 0.15) is 29.4 Å². The molecule has 7 heteroatoms. The lowest BCUT2D eigenvalue weighted by Gasteiger charge is -2.07. The third-order valence-electron chi connectivity index (χ3n) is 2.94. The largest absolute Gasteiger partial charge is 0.320 e. The van der Waals surface area contributed by atoms with Gasteiger partial charge in [0.05, 0.1) is 5.52 Å². The monoisotopic (exact) mass is 288 g/mol. The lowest BCUT2D eigenvalue weighted by Crippen LogP contribution is -2.20. The zero-order valence-electron chi connectivity index (χ0n) is 10.8. The Hall–Kier alpha value is -2.83. The molecule has 5 nitrogen and oxygen atoms in total. The van der Waals surface area contributed by atoms with Crippen molar-refractivity contribution in [1.82, 2.24) is 15.0 Å². The molecule has 0 fully saturated rings. The molecule has 1 amide bonds. The molecule has 0 aliphatic carbocycles.